The van der Waals surface area contributed by atoms with Gasteiger partial charge in [-0.1, -0.05) is 30.3 Å². The lowest BCUT2D eigenvalue weighted by molar-refractivity contribution is -0.138. The van der Waals surface area contributed by atoms with E-state index < -0.39 is 5.54 Å². The Hall–Kier alpha value is -1.43. The Morgan fingerprint density at radius 1 is 1.15 bits per heavy atom. The molecule has 26 heavy (non-hydrogen) atoms. The second-order valence-corrected chi connectivity index (χ2v) is 8.28. The summed E-state index contributed by atoms with van der Waals surface area (Å²) in [6.07, 6.45) is 2.72. The molecule has 0 bridgehead atoms. The lowest BCUT2D eigenvalue weighted by Crippen LogP contribution is -2.54. The molecule has 2 heterocycles. The molecule has 2 N–H and O–H groups in total. The number of morpholine rings is 1. The average molecular weight is 360 g/mol. The van der Waals surface area contributed by atoms with Crippen molar-refractivity contribution in [2.24, 2.45) is 11.7 Å². The summed E-state index contributed by atoms with van der Waals surface area (Å²) in [6.45, 7) is 10.9. The Morgan fingerprint density at radius 2 is 1.73 bits per heavy atom. The van der Waals surface area contributed by atoms with Gasteiger partial charge in [0, 0.05) is 32.7 Å². The third kappa shape index (κ3) is 4.45. The highest BCUT2D eigenvalue weighted by Gasteiger charge is 2.36. The van der Waals surface area contributed by atoms with E-state index in [1.54, 1.807) is 0 Å². The number of ether oxygens (including phenoxy) is 1. The van der Waals surface area contributed by atoms with Crippen molar-refractivity contribution in [3.8, 4) is 0 Å². The van der Waals surface area contributed by atoms with Gasteiger partial charge in [-0.2, -0.15) is 0 Å². The highest BCUT2D eigenvalue weighted by molar-refractivity contribution is 5.87. The van der Waals surface area contributed by atoms with Gasteiger partial charge < -0.3 is 15.4 Å². The van der Waals surface area contributed by atoms with Gasteiger partial charge in [0.25, 0.3) is 0 Å². The number of piperidine rings is 1. The van der Waals surface area contributed by atoms with Gasteiger partial charge in [0.1, 0.15) is 5.54 Å². The summed E-state index contributed by atoms with van der Waals surface area (Å²) in [7, 11) is 0. The highest BCUT2D eigenvalue weighted by atomic mass is 16.5. The van der Waals surface area contributed by atoms with Crippen LogP contribution in [0.1, 0.15) is 39.2 Å². The topological polar surface area (TPSA) is 58.8 Å². The molecule has 3 rings (SSSR count). The van der Waals surface area contributed by atoms with E-state index >= 15 is 0 Å². The first-order chi connectivity index (χ1) is 12.4. The summed E-state index contributed by atoms with van der Waals surface area (Å²) in [5.74, 6) is 0.688. The molecule has 1 aromatic rings. The molecule has 0 radical (unpaired) electrons. The van der Waals surface area contributed by atoms with Crippen LogP contribution in [0.25, 0.3) is 0 Å². The van der Waals surface area contributed by atoms with Gasteiger partial charge in [0.05, 0.1) is 12.2 Å². The van der Waals surface area contributed by atoms with Crippen molar-refractivity contribution in [3.05, 3.63) is 35.9 Å². The van der Waals surface area contributed by atoms with Gasteiger partial charge in [0.2, 0.25) is 5.91 Å². The Morgan fingerprint density at radius 3 is 2.31 bits per heavy atom. The molecule has 5 nitrogen and oxygen atoms in total. The number of amides is 1. The normalized spacial score (nSPS) is 27.9. The van der Waals surface area contributed by atoms with Crippen LogP contribution in [0.3, 0.4) is 0 Å². The van der Waals surface area contributed by atoms with E-state index in [0.29, 0.717) is 18.1 Å². The number of likely N-dealkylation sites (tertiary alicyclic amines) is 1. The van der Waals surface area contributed by atoms with Crippen LogP contribution in [0.5, 0.6) is 0 Å². The Balaban J connectivity index is 1.52. The zero-order valence-corrected chi connectivity index (χ0v) is 16.4. The molecule has 0 aromatic heterocycles. The van der Waals surface area contributed by atoms with Crippen molar-refractivity contribution in [2.45, 2.75) is 51.4 Å². The van der Waals surface area contributed by atoms with Crippen molar-refractivity contribution in [1.29, 1.82) is 0 Å². The Kier molecular flexibility index (Phi) is 6.00. The zero-order chi connectivity index (χ0) is 18.7. The Labute approximate surface area is 157 Å². The minimum Gasteiger partial charge on any atom is -0.373 e. The number of carbonyl (C=O) groups excluding carboxylic acids is 1. The first-order valence-corrected chi connectivity index (χ1v) is 9.88. The van der Waals surface area contributed by atoms with E-state index in [1.807, 2.05) is 42.2 Å². The largest absolute Gasteiger partial charge is 0.373 e. The minimum absolute atomic E-state index is 0.0377. The van der Waals surface area contributed by atoms with Gasteiger partial charge in [-0.15, -0.1) is 0 Å². The summed E-state index contributed by atoms with van der Waals surface area (Å²) in [5.41, 5.74) is 6.34. The zero-order valence-electron chi connectivity index (χ0n) is 16.4. The predicted octanol–water partition coefficient (Wildman–Crippen LogP) is 2.21. The summed E-state index contributed by atoms with van der Waals surface area (Å²) >= 11 is 0. The van der Waals surface area contributed by atoms with Crippen LogP contribution < -0.4 is 5.73 Å². The first-order valence-electron chi connectivity index (χ1n) is 9.88. The van der Waals surface area contributed by atoms with Crippen molar-refractivity contribution < 1.29 is 9.53 Å². The van der Waals surface area contributed by atoms with Crippen LogP contribution >= 0.6 is 0 Å². The fraction of sp³-hybridized carbons (Fsp3) is 0.667. The molecule has 1 amide bonds. The summed E-state index contributed by atoms with van der Waals surface area (Å²) in [4.78, 5) is 17.5. The SMILES string of the molecule is CC1CN(CC2CCN(C(=O)C(C)(N)c3ccccc3)CC2)CC(C)O1. The van der Waals surface area contributed by atoms with Gasteiger partial charge in [-0.05, 0) is 45.1 Å². The van der Waals surface area contributed by atoms with Crippen LogP contribution in [-0.2, 0) is 15.1 Å². The van der Waals surface area contributed by atoms with Crippen LogP contribution in [0.2, 0.25) is 0 Å². The van der Waals surface area contributed by atoms with E-state index in [9.17, 15) is 4.79 Å². The van der Waals surface area contributed by atoms with E-state index in [2.05, 4.69) is 18.7 Å². The van der Waals surface area contributed by atoms with Gasteiger partial charge in [0.15, 0.2) is 0 Å². The number of hydrogen-bond donors (Lipinski definition) is 1. The lowest BCUT2D eigenvalue weighted by atomic mass is 9.89. The van der Waals surface area contributed by atoms with Crippen molar-refractivity contribution in [3.63, 3.8) is 0 Å². The molecule has 144 valence electrons. The lowest BCUT2D eigenvalue weighted by Gasteiger charge is -2.40. The molecule has 2 fully saturated rings. The maximum Gasteiger partial charge on any atom is 0.246 e. The second-order valence-electron chi connectivity index (χ2n) is 8.28. The minimum atomic E-state index is -0.955. The third-order valence-corrected chi connectivity index (χ3v) is 5.73. The van der Waals surface area contributed by atoms with Crippen molar-refractivity contribution in [1.82, 2.24) is 9.80 Å². The number of carbonyl (C=O) groups is 1. The molecular formula is C21H33N3O2. The molecule has 0 saturated carbocycles. The van der Waals surface area contributed by atoms with Crippen LogP contribution in [0.4, 0.5) is 0 Å². The second kappa shape index (κ2) is 8.07. The number of benzene rings is 1. The molecule has 0 aliphatic carbocycles. The molecule has 5 heteroatoms. The van der Waals surface area contributed by atoms with E-state index in [4.69, 9.17) is 10.5 Å². The first kappa shape index (κ1) is 19.3. The van der Waals surface area contributed by atoms with Gasteiger partial charge in [-0.25, -0.2) is 0 Å². The highest BCUT2D eigenvalue weighted by Crippen LogP contribution is 2.25. The molecule has 3 unspecified atom stereocenters. The number of rotatable bonds is 4. The smallest absolute Gasteiger partial charge is 0.246 e. The predicted molar refractivity (Wildman–Crippen MR) is 104 cm³/mol. The van der Waals surface area contributed by atoms with E-state index in [0.717, 1.165) is 51.1 Å². The van der Waals surface area contributed by atoms with Crippen LogP contribution in [-0.4, -0.2) is 60.6 Å². The van der Waals surface area contributed by atoms with E-state index in [-0.39, 0.29) is 5.91 Å². The quantitative estimate of drug-likeness (QED) is 0.895. The fourth-order valence-corrected chi connectivity index (χ4v) is 4.35. The van der Waals surface area contributed by atoms with Gasteiger partial charge in [-0.3, -0.25) is 9.69 Å². The van der Waals surface area contributed by atoms with Crippen LogP contribution in [0, 0.1) is 5.92 Å². The van der Waals surface area contributed by atoms with Crippen LogP contribution in [0.15, 0.2) is 30.3 Å². The summed E-state index contributed by atoms with van der Waals surface area (Å²) < 4.78 is 5.83. The molecule has 3 atom stereocenters. The maximum atomic E-state index is 13.0. The molecule has 1 aromatic carbocycles. The fourth-order valence-electron chi connectivity index (χ4n) is 4.35. The number of nitrogens with two attached hydrogens (primary N) is 1. The monoisotopic (exact) mass is 359 g/mol. The summed E-state index contributed by atoms with van der Waals surface area (Å²) in [6, 6.07) is 9.69. The molecule has 2 aliphatic rings. The maximum absolute atomic E-state index is 13.0. The standard InChI is InChI=1S/C21H33N3O2/c1-16-13-23(14-17(2)26-16)15-18-9-11-24(12-10-18)20(25)21(3,22)19-7-5-4-6-8-19/h4-8,16-18H,9-15,22H2,1-3H3. The number of nitrogens with zero attached hydrogens (tertiary/aromatic N) is 2. The Bertz CT molecular complexity index is 587. The molecule has 2 saturated heterocycles. The van der Waals surface area contributed by atoms with Crippen molar-refractivity contribution >= 4 is 5.91 Å². The summed E-state index contributed by atoms with van der Waals surface area (Å²) in [5, 5.41) is 0. The van der Waals surface area contributed by atoms with Gasteiger partial charge >= 0.3 is 0 Å². The average Bonchev–Trinajstić information content (AvgIpc) is 2.61. The molecule has 2 aliphatic heterocycles. The van der Waals surface area contributed by atoms with E-state index in [1.165, 1.54) is 0 Å². The molecular weight excluding hydrogens is 326 g/mol. The molecule has 0 spiro atoms. The number of hydrogen-bond acceptors (Lipinski definition) is 4. The van der Waals surface area contributed by atoms with Crippen molar-refractivity contribution in [2.75, 3.05) is 32.7 Å². The third-order valence-electron chi connectivity index (χ3n) is 5.73.